The third-order valence-corrected chi connectivity index (χ3v) is 17.8. The lowest BCUT2D eigenvalue weighted by Gasteiger charge is -2.28. The summed E-state index contributed by atoms with van der Waals surface area (Å²) in [5, 5.41) is 50.5. The first-order chi connectivity index (χ1) is 48.6. The van der Waals surface area contributed by atoms with Gasteiger partial charge in [0, 0.05) is 73.3 Å². The number of hydrogen-bond donors (Lipinski definition) is 23. The Balaban J connectivity index is 1.89. The number of thioether (sulfide) groups is 1. The van der Waals surface area contributed by atoms with Crippen LogP contribution in [0.4, 0.5) is 0 Å². The molecule has 1 aromatic heterocycles. The summed E-state index contributed by atoms with van der Waals surface area (Å²) in [5.74, 6) is -14.2. The molecule has 0 saturated carbocycles. The molecule has 0 saturated heterocycles. The summed E-state index contributed by atoms with van der Waals surface area (Å²) in [6.45, 7) is 1.73. The van der Waals surface area contributed by atoms with E-state index in [9.17, 15) is 77.3 Å². The number of nitrogens with one attached hydrogen (secondary N) is 13. The number of phenolic OH excluding ortho intramolecular Hbond substituents is 1. The average molecular weight is 1540 g/mol. The van der Waals surface area contributed by atoms with Crippen molar-refractivity contribution in [2.75, 3.05) is 53.9 Å². The molecule has 102 heavy (non-hydrogen) atoms. The number of nitrogens with two attached hydrogens (primary N) is 3. The molecule has 0 fully saturated rings. The van der Waals surface area contributed by atoms with Crippen molar-refractivity contribution in [1.29, 1.82) is 0 Å². The first-order valence-electron chi connectivity index (χ1n) is 32.5. The number of aliphatic carboxylic acids is 1. The smallest absolute Gasteiger partial charge is 0.326 e. The molecule has 564 valence electrons. The van der Waals surface area contributed by atoms with E-state index in [-0.39, 0.29) is 80.4 Å². The van der Waals surface area contributed by atoms with Gasteiger partial charge in [-0.05, 0) is 99.7 Å². The van der Waals surface area contributed by atoms with Crippen molar-refractivity contribution >= 4 is 158 Å². The summed E-state index contributed by atoms with van der Waals surface area (Å²) < 4.78 is 0. The number of aromatic amines is 1. The molecular formula is C63H95N17O16S6. The molecule has 0 spiro atoms. The van der Waals surface area contributed by atoms with Crippen LogP contribution in [0.3, 0.4) is 0 Å². The second kappa shape index (κ2) is 48.1. The van der Waals surface area contributed by atoms with Crippen LogP contribution in [-0.2, 0) is 86.4 Å². The molecule has 0 bridgehead atoms. The predicted molar refractivity (Wildman–Crippen MR) is 397 cm³/mol. The number of benzene rings is 2. The Labute approximate surface area is 622 Å². The van der Waals surface area contributed by atoms with E-state index in [1.54, 1.807) is 36.6 Å². The van der Waals surface area contributed by atoms with E-state index in [0.29, 0.717) is 42.5 Å². The minimum absolute atomic E-state index is 0.0267. The number of carboxylic acid groups (broad SMARTS) is 1. The van der Waals surface area contributed by atoms with Gasteiger partial charge in [0.25, 0.3) is 0 Å². The van der Waals surface area contributed by atoms with Crippen LogP contribution in [0.2, 0.25) is 0 Å². The van der Waals surface area contributed by atoms with Gasteiger partial charge < -0.3 is 96.2 Å². The summed E-state index contributed by atoms with van der Waals surface area (Å²) in [4.78, 5) is 197. The van der Waals surface area contributed by atoms with Gasteiger partial charge in [-0.2, -0.15) is 74.9 Å². The highest BCUT2D eigenvalue weighted by atomic mass is 32.2. The maximum absolute atomic E-state index is 14.7. The number of rotatable bonds is 49. The van der Waals surface area contributed by atoms with Crippen LogP contribution in [-0.4, -0.2) is 229 Å². The number of thiol groups is 5. The number of carbonyl (C=O) groups excluding carboxylic acids is 13. The van der Waals surface area contributed by atoms with Gasteiger partial charge in [0.05, 0.1) is 6.33 Å². The molecule has 0 aliphatic heterocycles. The lowest BCUT2D eigenvalue weighted by molar-refractivity contribution is -0.142. The molecule has 13 amide bonds. The van der Waals surface area contributed by atoms with E-state index in [1.165, 1.54) is 55.5 Å². The number of carboxylic acids is 1. The van der Waals surface area contributed by atoms with E-state index in [2.05, 4.69) is 137 Å². The highest BCUT2D eigenvalue weighted by Crippen LogP contribution is 2.15. The van der Waals surface area contributed by atoms with Gasteiger partial charge in [0.1, 0.15) is 78.3 Å². The lowest BCUT2D eigenvalue weighted by Crippen LogP contribution is -2.62. The number of carbonyl (C=O) groups is 14. The second-order valence-corrected chi connectivity index (χ2v) is 26.2. The Kier molecular flexibility index (Phi) is 41.6. The minimum Gasteiger partial charge on any atom is -0.508 e. The number of nitrogens with zero attached hydrogens (tertiary/aromatic N) is 1. The van der Waals surface area contributed by atoms with Crippen molar-refractivity contribution < 1.29 is 77.3 Å². The van der Waals surface area contributed by atoms with Crippen molar-refractivity contribution in [3.8, 4) is 5.75 Å². The summed E-state index contributed by atoms with van der Waals surface area (Å²) in [6, 6.07) is -3.11. The summed E-state index contributed by atoms with van der Waals surface area (Å²) in [5.41, 5.74) is 18.2. The maximum Gasteiger partial charge on any atom is 0.326 e. The molecular weight excluding hydrogens is 1440 g/mol. The number of aromatic hydroxyl groups is 1. The van der Waals surface area contributed by atoms with Crippen molar-refractivity contribution in [2.45, 2.75) is 156 Å². The minimum atomic E-state index is -1.61. The Hall–Kier alpha value is -7.95. The monoisotopic (exact) mass is 1540 g/mol. The maximum atomic E-state index is 14.7. The van der Waals surface area contributed by atoms with Crippen LogP contribution >= 0.6 is 74.9 Å². The highest BCUT2D eigenvalue weighted by molar-refractivity contribution is 7.98. The molecule has 3 rings (SSSR count). The summed E-state index contributed by atoms with van der Waals surface area (Å²) in [7, 11) is 0. The van der Waals surface area contributed by atoms with Crippen LogP contribution in [0.25, 0.3) is 0 Å². The van der Waals surface area contributed by atoms with Gasteiger partial charge in [0.15, 0.2) is 0 Å². The zero-order valence-corrected chi connectivity index (χ0v) is 61.6. The Morgan fingerprint density at radius 3 is 1.14 bits per heavy atom. The number of phenols is 1. The third kappa shape index (κ3) is 32.2. The number of amides is 13. The fourth-order valence-corrected chi connectivity index (χ4v) is 11.5. The van der Waals surface area contributed by atoms with E-state index >= 15 is 0 Å². The van der Waals surface area contributed by atoms with Crippen molar-refractivity contribution in [2.24, 2.45) is 17.2 Å². The normalized spacial score (nSPS) is 14.6. The van der Waals surface area contributed by atoms with Crippen LogP contribution in [0.1, 0.15) is 81.5 Å². The fraction of sp³-hybridized carbons (Fsp3) is 0.540. The van der Waals surface area contributed by atoms with Gasteiger partial charge in [-0.3, -0.25) is 62.3 Å². The van der Waals surface area contributed by atoms with Crippen LogP contribution in [0, 0.1) is 0 Å². The van der Waals surface area contributed by atoms with E-state index < -0.39 is 180 Å². The molecule has 0 radical (unpaired) electrons. The van der Waals surface area contributed by atoms with Gasteiger partial charge in [-0.15, -0.1) is 0 Å². The standard InChI is InChI=1S/C63H95N17O16S6/c1-34(81)69-46(28-97)58(90)71-39(12-6-8-21-64)52(84)70-40(13-7-9-22-65)53(85)77-50(32-101)62(94)80-48(30-99)60(92)74-43(24-36-14-16-38(82)17-15-36)56(88)75-44(26-37-27-67-33-68-37)57(89)79-47(29-98)59(91)72-41(18-19-51(66)83)54(86)73-42(20-23-102-2)55(87)78-49(31-100)61(93)76-45(63(95)96)25-35-10-4-3-5-11-35/h3-5,10-11,14-17,27,33,39-50,82,97-101H,6-9,12-13,18-26,28-32,64-65H2,1-2H3,(H2,66,83)(H,67,68)(H,69,81)(H,70,84)(H,71,90)(H,72,91)(H,73,86)(H,74,92)(H,75,88)(H,76,93)(H,77,85)(H,78,87)(H,79,89)(H,80,94)(H,95,96). The fourth-order valence-electron chi connectivity index (χ4n) is 9.75. The lowest BCUT2D eigenvalue weighted by atomic mass is 10.0. The Morgan fingerprint density at radius 2 is 0.775 bits per heavy atom. The molecule has 12 atom stereocenters. The summed E-state index contributed by atoms with van der Waals surface area (Å²) >= 11 is 22.6. The molecule has 33 nitrogen and oxygen atoms in total. The summed E-state index contributed by atoms with van der Waals surface area (Å²) in [6.07, 6.45) is 4.51. The quantitative estimate of drug-likeness (QED) is 0.0189. The molecule has 1 heterocycles. The first kappa shape index (κ1) is 88.3. The largest absolute Gasteiger partial charge is 0.508 e. The SMILES string of the molecule is CSCCC(NC(=O)C(CCC(N)=O)NC(=O)C(CS)NC(=O)C(Cc1cnc[nH]1)NC(=O)C(Cc1ccc(O)cc1)NC(=O)C(CS)NC(=O)C(CS)NC(=O)C(CCCCN)NC(=O)C(CCCCN)NC(=O)C(CS)NC(C)=O)C(=O)NC(CS)C(=O)NC(Cc1ccccc1)C(=O)O. The average Bonchev–Trinajstić information content (AvgIpc) is 0.979. The Bertz CT molecular complexity index is 3240. The predicted octanol–water partition coefficient (Wildman–Crippen LogP) is -4.01. The number of aromatic nitrogens is 2. The van der Waals surface area contributed by atoms with Crippen molar-refractivity contribution in [1.82, 2.24) is 73.8 Å². The van der Waals surface area contributed by atoms with E-state index in [4.69, 9.17) is 17.2 Å². The molecule has 39 heteroatoms. The molecule has 0 aliphatic rings. The van der Waals surface area contributed by atoms with Gasteiger partial charge in [-0.25, -0.2) is 9.78 Å². The molecule has 12 unspecified atom stereocenters. The zero-order chi connectivity index (χ0) is 75.8. The van der Waals surface area contributed by atoms with Crippen LogP contribution in [0.15, 0.2) is 67.1 Å². The molecule has 3 aromatic rings. The van der Waals surface area contributed by atoms with Gasteiger partial charge in [0.2, 0.25) is 76.8 Å². The number of H-pyrrole nitrogens is 1. The number of imidazole rings is 1. The first-order valence-corrected chi connectivity index (χ1v) is 37.1. The van der Waals surface area contributed by atoms with Gasteiger partial charge in [-0.1, -0.05) is 42.5 Å². The second-order valence-electron chi connectivity index (χ2n) is 23.4. The van der Waals surface area contributed by atoms with Crippen molar-refractivity contribution in [3.05, 3.63) is 83.9 Å². The van der Waals surface area contributed by atoms with Crippen LogP contribution in [0.5, 0.6) is 5.75 Å². The number of primary amides is 1. The topological polar surface area (TPSA) is 531 Å². The van der Waals surface area contributed by atoms with Crippen LogP contribution < -0.4 is 81.0 Å². The molecule has 0 aliphatic carbocycles. The Morgan fingerprint density at radius 1 is 0.441 bits per heavy atom. The molecule has 21 N–H and O–H groups in total. The number of unbranched alkanes of at least 4 members (excludes halogenated alkanes) is 2. The van der Waals surface area contributed by atoms with Crippen molar-refractivity contribution in [3.63, 3.8) is 0 Å². The number of hydrogen-bond acceptors (Lipinski definition) is 24. The van der Waals surface area contributed by atoms with Gasteiger partial charge >= 0.3 is 5.97 Å². The van der Waals surface area contributed by atoms with E-state index in [0.717, 1.165) is 0 Å². The van der Waals surface area contributed by atoms with E-state index in [1.807, 2.05) is 0 Å². The molecule has 2 aromatic carbocycles. The zero-order valence-electron chi connectivity index (χ0n) is 56.4. The third-order valence-electron chi connectivity index (χ3n) is 15.4. The highest BCUT2D eigenvalue weighted by Gasteiger charge is 2.37.